The molecule has 3 fully saturated rings. The van der Waals surface area contributed by atoms with Crippen molar-refractivity contribution in [2.45, 2.75) is 24.8 Å². The number of nitrogens with zero attached hydrogens (tertiary/aromatic N) is 1. The molecule has 3 N–H and O–H groups in total. The fraction of sp³-hybridized carbons (Fsp3) is 0.667. The Labute approximate surface area is 134 Å². The van der Waals surface area contributed by atoms with Gasteiger partial charge in [0.2, 0.25) is 17.7 Å². The monoisotopic (exact) mass is 325 g/mol. The SMILES string of the molecule is Cl.NC1(C(=O)NCCN2C(=O)C3C4C=CC(C4)C3C2=O)CC1. The summed E-state index contributed by atoms with van der Waals surface area (Å²) in [6.07, 6.45) is 6.51. The molecule has 0 aromatic carbocycles. The molecule has 4 atom stereocenters. The van der Waals surface area contributed by atoms with E-state index in [9.17, 15) is 14.4 Å². The Hall–Kier alpha value is -1.40. The molecule has 2 bridgehead atoms. The van der Waals surface area contributed by atoms with Crippen LogP contribution in [0.5, 0.6) is 0 Å². The predicted molar refractivity (Wildman–Crippen MR) is 80.8 cm³/mol. The molecule has 22 heavy (non-hydrogen) atoms. The largest absolute Gasteiger partial charge is 0.353 e. The van der Waals surface area contributed by atoms with Crippen molar-refractivity contribution in [3.63, 3.8) is 0 Å². The number of allylic oxidation sites excluding steroid dienone is 2. The zero-order valence-electron chi connectivity index (χ0n) is 12.2. The Morgan fingerprint density at radius 1 is 1.23 bits per heavy atom. The maximum atomic E-state index is 12.4. The van der Waals surface area contributed by atoms with Gasteiger partial charge in [-0.15, -0.1) is 12.4 Å². The lowest BCUT2D eigenvalue weighted by atomic mass is 9.85. The number of carbonyl (C=O) groups excluding carboxylic acids is 3. The van der Waals surface area contributed by atoms with E-state index >= 15 is 0 Å². The number of fused-ring (bicyclic) bond motifs is 5. The number of carbonyl (C=O) groups is 3. The summed E-state index contributed by atoms with van der Waals surface area (Å²) in [5.41, 5.74) is 5.08. The van der Waals surface area contributed by atoms with Gasteiger partial charge in [-0.25, -0.2) is 0 Å². The van der Waals surface area contributed by atoms with Crippen LogP contribution in [-0.4, -0.2) is 41.2 Å². The molecule has 1 saturated heterocycles. The summed E-state index contributed by atoms with van der Waals surface area (Å²) in [4.78, 5) is 37.9. The topological polar surface area (TPSA) is 92.5 Å². The molecule has 7 heteroatoms. The van der Waals surface area contributed by atoms with Crippen LogP contribution in [0.25, 0.3) is 0 Å². The number of hydrogen-bond acceptors (Lipinski definition) is 4. The van der Waals surface area contributed by atoms with E-state index in [4.69, 9.17) is 5.73 Å². The Balaban J connectivity index is 0.00000144. The summed E-state index contributed by atoms with van der Waals surface area (Å²) >= 11 is 0. The third-order valence-electron chi connectivity index (χ3n) is 5.42. The van der Waals surface area contributed by atoms with Gasteiger partial charge in [0.15, 0.2) is 0 Å². The van der Waals surface area contributed by atoms with E-state index in [-0.39, 0.29) is 66.9 Å². The van der Waals surface area contributed by atoms with Gasteiger partial charge in [0.1, 0.15) is 0 Å². The van der Waals surface area contributed by atoms with Crippen molar-refractivity contribution in [2.24, 2.45) is 29.4 Å². The number of likely N-dealkylation sites (tertiary alicyclic amines) is 1. The predicted octanol–water partition coefficient (Wildman–Crippen LogP) is -0.177. The molecule has 0 aromatic heterocycles. The molecule has 2 saturated carbocycles. The third kappa shape index (κ3) is 2.08. The average Bonchev–Trinajstić information content (AvgIpc) is 2.86. The molecule has 0 aromatic rings. The van der Waals surface area contributed by atoms with Crippen LogP contribution in [0, 0.1) is 23.7 Å². The van der Waals surface area contributed by atoms with E-state index in [1.54, 1.807) is 0 Å². The highest BCUT2D eigenvalue weighted by molar-refractivity contribution is 6.06. The number of nitrogens with one attached hydrogen (secondary N) is 1. The normalized spacial score (nSPS) is 36.3. The first-order valence-electron chi connectivity index (χ1n) is 7.62. The molecule has 0 radical (unpaired) electrons. The summed E-state index contributed by atoms with van der Waals surface area (Å²) in [5.74, 6) is -0.164. The van der Waals surface area contributed by atoms with Crippen molar-refractivity contribution in [3.05, 3.63) is 12.2 Å². The van der Waals surface area contributed by atoms with Gasteiger partial charge in [-0.2, -0.15) is 0 Å². The minimum absolute atomic E-state index is 0. The Kier molecular flexibility index (Phi) is 3.57. The lowest BCUT2D eigenvalue weighted by Crippen LogP contribution is -2.46. The van der Waals surface area contributed by atoms with Crippen LogP contribution in [-0.2, 0) is 14.4 Å². The minimum atomic E-state index is -0.710. The van der Waals surface area contributed by atoms with Crippen LogP contribution in [0.3, 0.4) is 0 Å². The van der Waals surface area contributed by atoms with Gasteiger partial charge in [-0.05, 0) is 31.1 Å². The summed E-state index contributed by atoms with van der Waals surface area (Å²) in [7, 11) is 0. The van der Waals surface area contributed by atoms with Crippen LogP contribution in [0.2, 0.25) is 0 Å². The molecular formula is C15H20ClN3O3. The van der Waals surface area contributed by atoms with Gasteiger partial charge in [0.05, 0.1) is 17.4 Å². The van der Waals surface area contributed by atoms with Crippen molar-refractivity contribution >= 4 is 30.1 Å². The van der Waals surface area contributed by atoms with Crippen LogP contribution in [0.15, 0.2) is 12.2 Å². The van der Waals surface area contributed by atoms with Crippen molar-refractivity contribution in [2.75, 3.05) is 13.1 Å². The fourth-order valence-corrected chi connectivity index (χ4v) is 4.00. The molecule has 120 valence electrons. The Morgan fingerprint density at radius 3 is 2.27 bits per heavy atom. The van der Waals surface area contributed by atoms with Gasteiger partial charge < -0.3 is 11.1 Å². The Morgan fingerprint density at radius 2 is 1.77 bits per heavy atom. The molecule has 4 aliphatic rings. The standard InChI is InChI=1S/C15H19N3O3.ClH/c16-15(3-4-15)14(21)17-5-6-18-12(19)10-8-1-2-9(7-8)11(10)13(18)20;/h1-2,8-11H,3-7,16H2,(H,17,21);1H. The summed E-state index contributed by atoms with van der Waals surface area (Å²) in [6, 6.07) is 0. The number of rotatable bonds is 4. The van der Waals surface area contributed by atoms with Crippen molar-refractivity contribution < 1.29 is 14.4 Å². The maximum Gasteiger partial charge on any atom is 0.240 e. The van der Waals surface area contributed by atoms with Crippen LogP contribution < -0.4 is 11.1 Å². The lowest BCUT2D eigenvalue weighted by Gasteiger charge is -2.18. The van der Waals surface area contributed by atoms with Gasteiger partial charge in [-0.3, -0.25) is 19.3 Å². The van der Waals surface area contributed by atoms with Gasteiger partial charge in [0, 0.05) is 13.1 Å². The summed E-state index contributed by atoms with van der Waals surface area (Å²) in [5, 5.41) is 2.73. The van der Waals surface area contributed by atoms with E-state index < -0.39 is 5.54 Å². The van der Waals surface area contributed by atoms with Crippen molar-refractivity contribution in [1.29, 1.82) is 0 Å². The zero-order valence-corrected chi connectivity index (χ0v) is 13.0. The third-order valence-corrected chi connectivity index (χ3v) is 5.42. The molecule has 3 amide bonds. The number of hydrogen-bond donors (Lipinski definition) is 2. The zero-order chi connectivity index (χ0) is 14.8. The number of halogens is 1. The minimum Gasteiger partial charge on any atom is -0.353 e. The summed E-state index contributed by atoms with van der Waals surface area (Å²) < 4.78 is 0. The number of nitrogens with two attached hydrogens (primary N) is 1. The molecular weight excluding hydrogens is 306 g/mol. The highest BCUT2D eigenvalue weighted by Gasteiger charge is 2.59. The quantitative estimate of drug-likeness (QED) is 0.554. The molecule has 4 unspecified atom stereocenters. The van der Waals surface area contributed by atoms with Crippen LogP contribution in [0.4, 0.5) is 0 Å². The lowest BCUT2D eigenvalue weighted by molar-refractivity contribution is -0.141. The van der Waals surface area contributed by atoms with Crippen LogP contribution in [0.1, 0.15) is 19.3 Å². The van der Waals surface area contributed by atoms with E-state index in [0.29, 0.717) is 12.8 Å². The first kappa shape index (κ1) is 15.5. The second kappa shape index (κ2) is 5.06. The second-order valence-corrected chi connectivity index (χ2v) is 6.74. The average molecular weight is 326 g/mol. The molecule has 3 aliphatic carbocycles. The van der Waals surface area contributed by atoms with Gasteiger partial charge in [0.25, 0.3) is 0 Å². The maximum absolute atomic E-state index is 12.4. The smallest absolute Gasteiger partial charge is 0.240 e. The molecule has 4 rings (SSSR count). The molecule has 6 nitrogen and oxygen atoms in total. The molecule has 1 aliphatic heterocycles. The van der Waals surface area contributed by atoms with Gasteiger partial charge >= 0.3 is 0 Å². The summed E-state index contributed by atoms with van der Waals surface area (Å²) in [6.45, 7) is 0.545. The first-order valence-corrected chi connectivity index (χ1v) is 7.62. The Bertz CT molecular complexity index is 542. The van der Waals surface area contributed by atoms with Crippen molar-refractivity contribution in [1.82, 2.24) is 10.2 Å². The van der Waals surface area contributed by atoms with Gasteiger partial charge in [-0.1, -0.05) is 12.2 Å². The number of imide groups is 1. The van der Waals surface area contributed by atoms with E-state index in [1.807, 2.05) is 0 Å². The van der Waals surface area contributed by atoms with Crippen LogP contribution >= 0.6 is 12.4 Å². The molecule has 1 heterocycles. The second-order valence-electron chi connectivity index (χ2n) is 6.74. The fourth-order valence-electron chi connectivity index (χ4n) is 4.00. The van der Waals surface area contributed by atoms with E-state index in [1.165, 1.54) is 4.90 Å². The first-order chi connectivity index (χ1) is 10.0. The number of amides is 3. The highest BCUT2D eigenvalue weighted by Crippen LogP contribution is 2.52. The van der Waals surface area contributed by atoms with E-state index in [0.717, 1.165) is 6.42 Å². The molecule has 0 spiro atoms. The highest BCUT2D eigenvalue weighted by atomic mass is 35.5. The van der Waals surface area contributed by atoms with Crippen molar-refractivity contribution in [3.8, 4) is 0 Å². The van der Waals surface area contributed by atoms with E-state index in [2.05, 4.69) is 17.5 Å².